The Kier molecular flexibility index (Phi) is 6.50. The van der Waals surface area contributed by atoms with Crippen LogP contribution in [0.3, 0.4) is 0 Å². The van der Waals surface area contributed by atoms with Crippen LogP contribution in [0.1, 0.15) is 35.3 Å². The van der Waals surface area contributed by atoms with Gasteiger partial charge in [0.15, 0.2) is 11.1 Å². The second-order valence-corrected chi connectivity index (χ2v) is 8.85. The van der Waals surface area contributed by atoms with Gasteiger partial charge >= 0.3 is 12.4 Å². The molecule has 2 unspecified atom stereocenters. The molecule has 1 amide bonds. The van der Waals surface area contributed by atoms with E-state index >= 15 is 0 Å². The molecule has 0 aliphatic carbocycles. The number of nitrogens with zero attached hydrogens (tertiary/aromatic N) is 4. The second-order valence-electron chi connectivity index (χ2n) is 8.85. The summed E-state index contributed by atoms with van der Waals surface area (Å²) in [5, 5.41) is 9.80. The average Bonchev–Trinajstić information content (AvgIpc) is 3.57. The smallest absolute Gasteiger partial charge is 0.399 e. The summed E-state index contributed by atoms with van der Waals surface area (Å²) >= 11 is 0. The van der Waals surface area contributed by atoms with Crippen LogP contribution in [0.4, 0.5) is 37.7 Å². The normalized spacial score (nSPS) is 15.5. The maximum absolute atomic E-state index is 14.8. The van der Waals surface area contributed by atoms with E-state index in [0.29, 0.717) is 9.36 Å². The van der Waals surface area contributed by atoms with Gasteiger partial charge in [0.25, 0.3) is 5.91 Å². The molecule has 2 atom stereocenters. The van der Waals surface area contributed by atoms with Crippen molar-refractivity contribution in [1.82, 2.24) is 19.6 Å². The molecule has 2 aromatic heterocycles. The number of nitrogens with one attached hydrogen (secondary N) is 1. The van der Waals surface area contributed by atoms with Crippen molar-refractivity contribution in [3.63, 3.8) is 0 Å². The number of hydrogen-bond acceptors (Lipinski definition) is 4. The van der Waals surface area contributed by atoms with Gasteiger partial charge in [-0.15, -0.1) is 0 Å². The minimum absolute atomic E-state index is 0.0636. The van der Waals surface area contributed by atoms with Gasteiger partial charge in [0.05, 0.1) is 5.69 Å². The predicted molar refractivity (Wildman–Crippen MR) is 127 cm³/mol. The molecule has 0 bridgehead atoms. The third-order valence-electron chi connectivity index (χ3n) is 6.53. The van der Waals surface area contributed by atoms with Crippen molar-refractivity contribution >= 4 is 17.3 Å². The summed E-state index contributed by atoms with van der Waals surface area (Å²) in [6.45, 7) is 1.54. The number of carbonyl (C=O) groups excluding carboxylic acids is 1. The maximum atomic E-state index is 14.8. The first-order valence-electron chi connectivity index (χ1n) is 11.2. The molecule has 0 saturated heterocycles. The van der Waals surface area contributed by atoms with Crippen molar-refractivity contribution in [2.24, 2.45) is 0 Å². The Labute approximate surface area is 212 Å². The van der Waals surface area contributed by atoms with Crippen LogP contribution < -0.4 is 11.1 Å². The summed E-state index contributed by atoms with van der Waals surface area (Å²) in [5.74, 6) is -0.957. The third kappa shape index (κ3) is 4.27. The maximum Gasteiger partial charge on any atom is 0.417 e. The van der Waals surface area contributed by atoms with E-state index in [4.69, 9.17) is 5.73 Å². The quantitative estimate of drug-likeness (QED) is 0.249. The first kappa shape index (κ1) is 26.8. The Hall–Kier alpha value is -4.29. The van der Waals surface area contributed by atoms with Gasteiger partial charge in [0.2, 0.25) is 0 Å². The van der Waals surface area contributed by atoms with Crippen LogP contribution in [0.2, 0.25) is 0 Å². The van der Waals surface area contributed by atoms with Crippen LogP contribution in [0, 0.1) is 0 Å². The zero-order valence-corrected chi connectivity index (χ0v) is 20.0. The van der Waals surface area contributed by atoms with Crippen molar-refractivity contribution in [2.45, 2.75) is 37.3 Å². The summed E-state index contributed by atoms with van der Waals surface area (Å²) in [7, 11) is 0. The van der Waals surface area contributed by atoms with Crippen molar-refractivity contribution in [3.05, 3.63) is 96.1 Å². The molecule has 2 heterocycles. The molecule has 13 heteroatoms. The molecule has 7 nitrogen and oxygen atoms in total. The standard InChI is InChI=1S/C25H22F6N6O/c1-22(24(26,27)28,36-13-5-11-33-36)18-9-4-10-19(23(2,25(29,30)31)37-14-6-12-34-37)20(18)35-21(38)16-7-3-8-17(32)15-16/h3-15H,32H2,1-2H3,(H,35,38). The highest BCUT2D eigenvalue weighted by Crippen LogP contribution is 2.50. The number of anilines is 2. The summed E-state index contributed by atoms with van der Waals surface area (Å²) < 4.78 is 89.7. The lowest BCUT2D eigenvalue weighted by Crippen LogP contribution is -2.49. The topological polar surface area (TPSA) is 90.8 Å². The second kappa shape index (κ2) is 9.23. The van der Waals surface area contributed by atoms with E-state index in [2.05, 4.69) is 15.5 Å². The van der Waals surface area contributed by atoms with Gasteiger partial charge in [0.1, 0.15) is 0 Å². The molecule has 38 heavy (non-hydrogen) atoms. The molecule has 2 aromatic carbocycles. The molecule has 4 aromatic rings. The molecule has 0 aliphatic heterocycles. The number of rotatable bonds is 6. The van der Waals surface area contributed by atoms with Crippen LogP contribution in [-0.4, -0.2) is 37.8 Å². The van der Waals surface area contributed by atoms with E-state index in [0.717, 1.165) is 56.8 Å². The lowest BCUT2D eigenvalue weighted by molar-refractivity contribution is -0.198. The Morgan fingerprint density at radius 3 is 1.66 bits per heavy atom. The highest BCUT2D eigenvalue weighted by atomic mass is 19.4. The number of hydrogen-bond donors (Lipinski definition) is 2. The number of amides is 1. The fraction of sp³-hybridized carbons (Fsp3) is 0.240. The van der Waals surface area contributed by atoms with Crippen molar-refractivity contribution in [2.75, 3.05) is 11.1 Å². The minimum Gasteiger partial charge on any atom is -0.399 e. The first-order valence-corrected chi connectivity index (χ1v) is 11.2. The molecule has 0 spiro atoms. The van der Waals surface area contributed by atoms with E-state index in [1.807, 2.05) is 0 Å². The summed E-state index contributed by atoms with van der Waals surface area (Å²) in [4.78, 5) is 13.2. The van der Waals surface area contributed by atoms with Gasteiger partial charge in [0, 0.05) is 47.2 Å². The van der Waals surface area contributed by atoms with E-state index in [1.54, 1.807) is 0 Å². The van der Waals surface area contributed by atoms with Gasteiger partial charge in [-0.3, -0.25) is 14.2 Å². The van der Waals surface area contributed by atoms with Gasteiger partial charge in [-0.05, 0) is 44.2 Å². The zero-order valence-electron chi connectivity index (χ0n) is 20.0. The highest BCUT2D eigenvalue weighted by Gasteiger charge is 2.59. The van der Waals surface area contributed by atoms with Gasteiger partial charge in [-0.25, -0.2) is 0 Å². The number of para-hydroxylation sites is 1. The van der Waals surface area contributed by atoms with E-state index < -0.39 is 46.2 Å². The fourth-order valence-corrected chi connectivity index (χ4v) is 4.24. The van der Waals surface area contributed by atoms with E-state index in [9.17, 15) is 31.1 Å². The van der Waals surface area contributed by atoms with Crippen LogP contribution in [0.25, 0.3) is 0 Å². The molecular weight excluding hydrogens is 514 g/mol. The molecule has 4 rings (SSSR count). The monoisotopic (exact) mass is 536 g/mol. The Morgan fingerprint density at radius 2 is 1.26 bits per heavy atom. The van der Waals surface area contributed by atoms with Crippen LogP contribution in [-0.2, 0) is 11.1 Å². The largest absolute Gasteiger partial charge is 0.417 e. The van der Waals surface area contributed by atoms with Crippen LogP contribution in [0.5, 0.6) is 0 Å². The third-order valence-corrected chi connectivity index (χ3v) is 6.53. The molecule has 0 aliphatic rings. The lowest BCUT2D eigenvalue weighted by Gasteiger charge is -2.38. The van der Waals surface area contributed by atoms with Gasteiger partial charge in [-0.1, -0.05) is 24.3 Å². The van der Waals surface area contributed by atoms with Gasteiger partial charge < -0.3 is 11.1 Å². The molecule has 200 valence electrons. The molecule has 0 fully saturated rings. The van der Waals surface area contributed by atoms with Crippen molar-refractivity contribution in [1.29, 1.82) is 0 Å². The average molecular weight is 536 g/mol. The fourth-order valence-electron chi connectivity index (χ4n) is 4.24. The van der Waals surface area contributed by atoms with Crippen molar-refractivity contribution in [3.8, 4) is 0 Å². The first-order chi connectivity index (χ1) is 17.7. The summed E-state index contributed by atoms with van der Waals surface area (Å²) in [5.41, 5.74) is -2.11. The lowest BCUT2D eigenvalue weighted by atomic mass is 9.82. The van der Waals surface area contributed by atoms with Crippen LogP contribution >= 0.6 is 0 Å². The summed E-state index contributed by atoms with van der Waals surface area (Å²) in [6.07, 6.45) is -5.78. The molecule has 0 saturated carbocycles. The Morgan fingerprint density at radius 1 is 0.789 bits per heavy atom. The number of nitrogens with two attached hydrogens (primary N) is 1. The van der Waals surface area contributed by atoms with Crippen LogP contribution in [0.15, 0.2) is 79.4 Å². The Balaban J connectivity index is 2.06. The number of benzene rings is 2. The van der Waals surface area contributed by atoms with Gasteiger partial charge in [-0.2, -0.15) is 36.5 Å². The number of alkyl halides is 6. The molecular formula is C25H22F6N6O. The number of nitrogen functional groups attached to an aromatic ring is 1. The molecule has 0 radical (unpaired) electrons. The van der Waals surface area contributed by atoms with E-state index in [-0.39, 0.29) is 11.3 Å². The number of carbonyl (C=O) groups is 1. The summed E-state index contributed by atoms with van der Waals surface area (Å²) in [6, 6.07) is 11.1. The SMILES string of the molecule is CC(c1cccc(C(C)(n2cccn2)C(F)(F)F)c1NC(=O)c1cccc(N)c1)(n1cccn1)C(F)(F)F. The zero-order chi connectivity index (χ0) is 27.9. The Bertz CT molecular complexity index is 1360. The molecule has 3 N–H and O–H groups in total. The number of halogens is 6. The predicted octanol–water partition coefficient (Wildman–Crippen LogP) is 5.57. The van der Waals surface area contributed by atoms with E-state index in [1.165, 1.54) is 36.4 Å². The number of aromatic nitrogens is 4. The minimum atomic E-state index is -5.05. The highest BCUT2D eigenvalue weighted by molar-refractivity contribution is 6.05. The van der Waals surface area contributed by atoms with Crippen molar-refractivity contribution < 1.29 is 31.1 Å².